The molecule has 194 valence electrons. The first kappa shape index (κ1) is 24.4. The lowest BCUT2D eigenvalue weighted by atomic mass is 9.54. The Morgan fingerprint density at radius 3 is 1.79 bits per heavy atom. The molecule has 38 heavy (non-hydrogen) atoms. The fourth-order valence-electron chi connectivity index (χ4n) is 6.76. The molecule has 0 saturated heterocycles. The van der Waals surface area contributed by atoms with E-state index in [4.69, 9.17) is 14.2 Å². The van der Waals surface area contributed by atoms with Crippen LogP contribution in [0.15, 0.2) is 97.1 Å². The number of benzene rings is 4. The molecule has 4 aromatic rings. The van der Waals surface area contributed by atoms with Gasteiger partial charge in [0.25, 0.3) is 0 Å². The highest BCUT2D eigenvalue weighted by molar-refractivity contribution is 5.75. The molecule has 1 heterocycles. The number of para-hydroxylation sites is 1. The number of anilines is 1. The van der Waals surface area contributed by atoms with Gasteiger partial charge in [-0.15, -0.1) is 0 Å². The predicted molar refractivity (Wildman–Crippen MR) is 153 cm³/mol. The number of methoxy groups -OCH3 is 1. The van der Waals surface area contributed by atoms with Crippen LogP contribution in [-0.4, -0.2) is 20.3 Å². The number of nitrogens with one attached hydrogen (secondary N) is 1. The summed E-state index contributed by atoms with van der Waals surface area (Å²) in [7, 11) is 1.76. The lowest BCUT2D eigenvalue weighted by Crippen LogP contribution is -2.48. The highest BCUT2D eigenvalue weighted by Crippen LogP contribution is 2.74. The van der Waals surface area contributed by atoms with E-state index in [0.29, 0.717) is 13.2 Å². The first-order valence-corrected chi connectivity index (χ1v) is 13.6. The van der Waals surface area contributed by atoms with Gasteiger partial charge in [-0.1, -0.05) is 66.7 Å². The van der Waals surface area contributed by atoms with E-state index in [1.807, 2.05) is 13.8 Å². The molecule has 1 fully saturated rings. The van der Waals surface area contributed by atoms with Crippen molar-refractivity contribution < 1.29 is 14.2 Å². The van der Waals surface area contributed by atoms with Crippen LogP contribution in [0.5, 0.6) is 17.2 Å². The Balaban J connectivity index is 1.67. The summed E-state index contributed by atoms with van der Waals surface area (Å²) in [6, 6.07) is 34.9. The maximum absolute atomic E-state index is 5.95. The lowest BCUT2D eigenvalue weighted by molar-refractivity contribution is 0.282. The van der Waals surface area contributed by atoms with Crippen molar-refractivity contribution in [2.24, 2.45) is 5.41 Å². The molecule has 1 spiro atoms. The average molecular weight is 506 g/mol. The number of hydrogen-bond donors (Lipinski definition) is 1. The molecule has 1 aliphatic carbocycles. The van der Waals surface area contributed by atoms with Crippen LogP contribution in [0, 0.1) is 5.41 Å². The second-order valence-electron chi connectivity index (χ2n) is 10.2. The number of ether oxygens (including phenoxy) is 3. The lowest BCUT2D eigenvalue weighted by Gasteiger charge is -2.52. The standard InChI is InChI=1S/C34H35NO3/c1-4-37-27-18-14-25(15-19-27)34(26-16-20-28(21-17-26)38-5-2)29-12-9-13-30(36-3)31(29)35-32(33(34)22-23-33)24-10-7-6-8-11-24/h6-21,32,35H,4-5,22-23H2,1-3H3. The molecule has 0 bridgehead atoms. The van der Waals surface area contributed by atoms with Crippen molar-refractivity contribution in [3.8, 4) is 17.2 Å². The summed E-state index contributed by atoms with van der Waals surface area (Å²) in [5.74, 6) is 2.64. The fraction of sp³-hybridized carbons (Fsp3) is 0.294. The van der Waals surface area contributed by atoms with Gasteiger partial charge >= 0.3 is 0 Å². The topological polar surface area (TPSA) is 39.7 Å². The van der Waals surface area contributed by atoms with Crippen molar-refractivity contribution in [1.29, 1.82) is 0 Å². The van der Waals surface area contributed by atoms with E-state index in [9.17, 15) is 0 Å². The van der Waals surface area contributed by atoms with Gasteiger partial charge in [-0.2, -0.15) is 0 Å². The number of fused-ring (bicyclic) bond motifs is 1. The molecule has 0 amide bonds. The molecule has 1 atom stereocenters. The molecule has 4 aromatic carbocycles. The van der Waals surface area contributed by atoms with Gasteiger partial charge in [0.05, 0.1) is 37.5 Å². The van der Waals surface area contributed by atoms with E-state index < -0.39 is 5.41 Å². The van der Waals surface area contributed by atoms with Crippen LogP contribution in [0.25, 0.3) is 0 Å². The van der Waals surface area contributed by atoms with Gasteiger partial charge in [-0.3, -0.25) is 0 Å². The minimum Gasteiger partial charge on any atom is -0.495 e. The summed E-state index contributed by atoms with van der Waals surface area (Å²) in [4.78, 5) is 0. The quantitative estimate of drug-likeness (QED) is 0.265. The predicted octanol–water partition coefficient (Wildman–Crippen LogP) is 7.77. The third kappa shape index (κ3) is 3.65. The average Bonchev–Trinajstić information content (AvgIpc) is 3.76. The molecule has 4 heteroatoms. The minimum absolute atomic E-state index is 0.0615. The van der Waals surface area contributed by atoms with Crippen molar-refractivity contribution in [2.75, 3.05) is 25.6 Å². The van der Waals surface area contributed by atoms with Gasteiger partial charge in [-0.05, 0) is 79.3 Å². The summed E-state index contributed by atoms with van der Waals surface area (Å²) in [6.07, 6.45) is 2.22. The van der Waals surface area contributed by atoms with Crippen LogP contribution >= 0.6 is 0 Å². The summed E-state index contributed by atoms with van der Waals surface area (Å²) in [5.41, 5.74) is 5.66. The molecule has 0 aromatic heterocycles. The van der Waals surface area contributed by atoms with Crippen LogP contribution in [0.1, 0.15) is 55.0 Å². The highest BCUT2D eigenvalue weighted by Gasteiger charge is 2.68. The Bertz CT molecular complexity index is 1340. The van der Waals surface area contributed by atoms with Crippen molar-refractivity contribution >= 4 is 5.69 Å². The van der Waals surface area contributed by atoms with E-state index in [2.05, 4.69) is 102 Å². The van der Waals surface area contributed by atoms with Gasteiger partial charge in [0.2, 0.25) is 0 Å². The molecule has 1 aliphatic heterocycles. The van der Waals surface area contributed by atoms with Gasteiger partial charge in [0.15, 0.2) is 0 Å². The largest absolute Gasteiger partial charge is 0.495 e. The molecule has 2 aliphatic rings. The second kappa shape index (κ2) is 9.75. The van der Waals surface area contributed by atoms with E-state index in [1.54, 1.807) is 7.11 Å². The van der Waals surface area contributed by atoms with Gasteiger partial charge in [0, 0.05) is 5.41 Å². The minimum atomic E-state index is -0.405. The summed E-state index contributed by atoms with van der Waals surface area (Å²) < 4.78 is 17.6. The zero-order valence-corrected chi connectivity index (χ0v) is 22.4. The molecule has 4 nitrogen and oxygen atoms in total. The van der Waals surface area contributed by atoms with Crippen LogP contribution in [-0.2, 0) is 5.41 Å². The molecule has 0 radical (unpaired) electrons. The molecule has 6 rings (SSSR count). The first-order valence-electron chi connectivity index (χ1n) is 13.6. The highest BCUT2D eigenvalue weighted by atomic mass is 16.5. The normalized spacial score (nSPS) is 18.2. The van der Waals surface area contributed by atoms with Crippen LogP contribution in [0.2, 0.25) is 0 Å². The van der Waals surface area contributed by atoms with E-state index in [-0.39, 0.29) is 11.5 Å². The maximum Gasteiger partial charge on any atom is 0.142 e. The molecule has 1 saturated carbocycles. The zero-order valence-electron chi connectivity index (χ0n) is 22.4. The smallest absolute Gasteiger partial charge is 0.142 e. The summed E-state index contributed by atoms with van der Waals surface area (Å²) in [6.45, 7) is 5.34. The Kier molecular flexibility index (Phi) is 6.27. The molecule has 1 N–H and O–H groups in total. The van der Waals surface area contributed by atoms with Gasteiger partial charge in [-0.25, -0.2) is 0 Å². The maximum atomic E-state index is 5.95. The Hall–Kier alpha value is -3.92. The number of rotatable bonds is 8. The molecular weight excluding hydrogens is 470 g/mol. The number of hydrogen-bond acceptors (Lipinski definition) is 4. The van der Waals surface area contributed by atoms with E-state index in [0.717, 1.165) is 35.8 Å². The van der Waals surface area contributed by atoms with Crippen molar-refractivity contribution in [1.82, 2.24) is 0 Å². The fourth-order valence-corrected chi connectivity index (χ4v) is 6.76. The zero-order chi connectivity index (χ0) is 26.2. The second-order valence-corrected chi connectivity index (χ2v) is 10.2. The monoisotopic (exact) mass is 505 g/mol. The van der Waals surface area contributed by atoms with E-state index in [1.165, 1.54) is 22.3 Å². The Morgan fingerprint density at radius 2 is 1.29 bits per heavy atom. The van der Waals surface area contributed by atoms with Crippen molar-refractivity contribution in [3.05, 3.63) is 119 Å². The SMILES string of the molecule is CCOc1ccc(C2(c3ccc(OCC)cc3)c3cccc(OC)c3NC(c3ccccc3)C23CC3)cc1. The van der Waals surface area contributed by atoms with E-state index >= 15 is 0 Å². The van der Waals surface area contributed by atoms with Crippen molar-refractivity contribution in [2.45, 2.75) is 38.1 Å². The van der Waals surface area contributed by atoms with Crippen LogP contribution in [0.3, 0.4) is 0 Å². The van der Waals surface area contributed by atoms with Crippen molar-refractivity contribution in [3.63, 3.8) is 0 Å². The Labute approximate surface area is 225 Å². The summed E-state index contributed by atoms with van der Waals surface area (Å²) >= 11 is 0. The summed E-state index contributed by atoms with van der Waals surface area (Å²) in [5, 5.41) is 3.97. The molecular formula is C34H35NO3. The molecule has 1 unspecified atom stereocenters. The third-order valence-corrected chi connectivity index (χ3v) is 8.36. The van der Waals surface area contributed by atoms with Crippen LogP contribution < -0.4 is 19.5 Å². The van der Waals surface area contributed by atoms with Gasteiger partial charge < -0.3 is 19.5 Å². The van der Waals surface area contributed by atoms with Crippen LogP contribution in [0.4, 0.5) is 5.69 Å². The van der Waals surface area contributed by atoms with Gasteiger partial charge in [0.1, 0.15) is 17.2 Å². The third-order valence-electron chi connectivity index (χ3n) is 8.36. The first-order chi connectivity index (χ1) is 18.7. The Morgan fingerprint density at radius 1 is 0.711 bits per heavy atom.